The van der Waals surface area contributed by atoms with Crippen LogP contribution in [0.2, 0.25) is 0 Å². The molecule has 3 N–H and O–H groups in total. The van der Waals surface area contributed by atoms with Crippen LogP contribution >= 0.6 is 11.8 Å². The third-order valence-electron chi connectivity index (χ3n) is 6.21. The average molecular weight is 565 g/mol. The van der Waals surface area contributed by atoms with Gasteiger partial charge in [-0.25, -0.2) is 9.37 Å². The van der Waals surface area contributed by atoms with E-state index in [1.165, 1.54) is 37.0 Å². The fraction of sp³-hybridized carbons (Fsp3) is 0.385. The molecular formula is C26H28F4N6O2S. The fourth-order valence-electron chi connectivity index (χ4n) is 4.29. The van der Waals surface area contributed by atoms with Gasteiger partial charge in [0.1, 0.15) is 16.9 Å². The number of nitrogens with one attached hydrogen (secondary N) is 3. The highest BCUT2D eigenvalue weighted by molar-refractivity contribution is 8.00. The summed E-state index contributed by atoms with van der Waals surface area (Å²) in [7, 11) is 4.82. The summed E-state index contributed by atoms with van der Waals surface area (Å²) in [5.74, 6) is 6.12. The number of carbonyl (C=O) groups is 1. The highest BCUT2D eigenvalue weighted by atomic mass is 32.2. The summed E-state index contributed by atoms with van der Waals surface area (Å²) in [6.45, 7) is 1.06. The lowest BCUT2D eigenvalue weighted by Crippen LogP contribution is -2.46. The summed E-state index contributed by atoms with van der Waals surface area (Å²) in [6.07, 6.45) is 2.21. The maximum Gasteiger partial charge on any atom is 0.447 e. The molecule has 4 rings (SSSR count). The van der Waals surface area contributed by atoms with Crippen molar-refractivity contribution in [2.45, 2.75) is 29.2 Å². The van der Waals surface area contributed by atoms with E-state index in [0.29, 0.717) is 41.3 Å². The summed E-state index contributed by atoms with van der Waals surface area (Å²) in [5.41, 5.74) is -3.02. The minimum atomic E-state index is -4.54. The number of thioether (sulfide) groups is 1. The third kappa shape index (κ3) is 6.88. The lowest BCUT2D eigenvalue weighted by atomic mass is 10.0. The molecule has 0 saturated carbocycles. The Morgan fingerprint density at radius 2 is 2.10 bits per heavy atom. The molecule has 1 aromatic carbocycles. The Morgan fingerprint density at radius 1 is 1.31 bits per heavy atom. The molecule has 0 aliphatic carbocycles. The molecule has 8 nitrogen and oxygen atoms in total. The Balaban J connectivity index is 1.59. The van der Waals surface area contributed by atoms with E-state index >= 15 is 0 Å². The molecule has 0 bridgehead atoms. The van der Waals surface area contributed by atoms with Crippen molar-refractivity contribution in [3.8, 4) is 17.6 Å². The summed E-state index contributed by atoms with van der Waals surface area (Å²) >= 11 is -0.268. The second-order valence-electron chi connectivity index (χ2n) is 8.91. The van der Waals surface area contributed by atoms with Crippen molar-refractivity contribution in [3.63, 3.8) is 0 Å². The van der Waals surface area contributed by atoms with E-state index < -0.39 is 17.7 Å². The van der Waals surface area contributed by atoms with E-state index in [-0.39, 0.29) is 41.3 Å². The van der Waals surface area contributed by atoms with Crippen LogP contribution in [0.3, 0.4) is 0 Å². The number of amides is 1. The van der Waals surface area contributed by atoms with E-state index in [4.69, 9.17) is 4.74 Å². The van der Waals surface area contributed by atoms with Gasteiger partial charge in [-0.1, -0.05) is 11.8 Å². The van der Waals surface area contributed by atoms with Gasteiger partial charge in [0.15, 0.2) is 5.82 Å². The number of aromatic nitrogens is 2. The molecule has 13 heteroatoms. The largest absolute Gasteiger partial charge is 0.495 e. The Kier molecular flexibility index (Phi) is 8.76. The predicted octanol–water partition coefficient (Wildman–Crippen LogP) is 4.23. The van der Waals surface area contributed by atoms with Crippen LogP contribution in [-0.2, 0) is 0 Å². The molecule has 2 aromatic heterocycles. The van der Waals surface area contributed by atoms with Crippen molar-refractivity contribution in [1.29, 1.82) is 0 Å². The van der Waals surface area contributed by atoms with Gasteiger partial charge in [0.05, 0.1) is 36.5 Å². The Hall–Kier alpha value is -3.63. The van der Waals surface area contributed by atoms with Crippen LogP contribution in [0.25, 0.3) is 5.52 Å². The molecule has 1 aliphatic rings. The first kappa shape index (κ1) is 28.4. The average Bonchev–Trinajstić information content (AvgIpc) is 3.24. The van der Waals surface area contributed by atoms with Crippen LogP contribution in [0.4, 0.5) is 29.1 Å². The zero-order chi connectivity index (χ0) is 28.2. The van der Waals surface area contributed by atoms with Gasteiger partial charge in [0.2, 0.25) is 0 Å². The van der Waals surface area contributed by atoms with Crippen LogP contribution in [-0.4, -0.2) is 78.8 Å². The van der Waals surface area contributed by atoms with Crippen molar-refractivity contribution in [2.75, 3.05) is 51.5 Å². The number of halogens is 4. The maximum atomic E-state index is 14.6. The summed E-state index contributed by atoms with van der Waals surface area (Å²) in [6, 6.07) is 5.87. The molecular weight excluding hydrogens is 536 g/mol. The van der Waals surface area contributed by atoms with Crippen molar-refractivity contribution >= 4 is 34.7 Å². The number of rotatable bonds is 7. The molecule has 0 spiro atoms. The van der Waals surface area contributed by atoms with Gasteiger partial charge in [-0.3, -0.25) is 4.79 Å². The number of likely N-dealkylation sites (tertiary alicyclic amines) is 1. The number of benzene rings is 1. The zero-order valence-electron chi connectivity index (χ0n) is 21.5. The van der Waals surface area contributed by atoms with E-state index in [9.17, 15) is 22.4 Å². The molecule has 208 valence electrons. The molecule has 1 amide bonds. The third-order valence-corrected chi connectivity index (χ3v) is 7.05. The molecule has 0 unspecified atom stereocenters. The molecule has 0 radical (unpaired) electrons. The van der Waals surface area contributed by atoms with Gasteiger partial charge >= 0.3 is 5.51 Å². The van der Waals surface area contributed by atoms with Gasteiger partial charge in [-0.2, -0.15) is 13.2 Å². The van der Waals surface area contributed by atoms with Crippen LogP contribution < -0.4 is 20.7 Å². The first-order valence-electron chi connectivity index (χ1n) is 12.1. The van der Waals surface area contributed by atoms with Crippen molar-refractivity contribution < 1.29 is 27.1 Å². The van der Waals surface area contributed by atoms with Crippen LogP contribution in [0, 0.1) is 11.8 Å². The Morgan fingerprint density at radius 3 is 2.79 bits per heavy atom. The minimum absolute atomic E-state index is 0.0977. The standard InChI is InChI=1S/C26H28F4N6O2S/c1-31-24(37)16-6-7-20(22(14-16)38-3)32-9-4-5-17-13-21-23(34-19-8-11-35(2)15-18(19)27)33-10-12-36(21)25(17)39-26(28,29)30/h6-7,10,12-14,18-19,32H,8-9,11,15H2,1-3H3,(H,31,37)(H,33,34)/t18-,19+/m0/s1. The smallest absolute Gasteiger partial charge is 0.447 e. The minimum Gasteiger partial charge on any atom is -0.495 e. The molecule has 2 atom stereocenters. The zero-order valence-corrected chi connectivity index (χ0v) is 22.3. The van der Waals surface area contributed by atoms with E-state index in [1.807, 2.05) is 11.9 Å². The van der Waals surface area contributed by atoms with E-state index in [1.54, 1.807) is 18.2 Å². The number of hydrogen-bond acceptors (Lipinski definition) is 7. The number of carbonyl (C=O) groups excluding carboxylic acids is 1. The summed E-state index contributed by atoms with van der Waals surface area (Å²) < 4.78 is 61.7. The first-order chi connectivity index (χ1) is 18.6. The van der Waals surface area contributed by atoms with Gasteiger partial charge < -0.3 is 30.0 Å². The second-order valence-corrected chi connectivity index (χ2v) is 9.96. The van der Waals surface area contributed by atoms with Gasteiger partial charge in [0.25, 0.3) is 5.91 Å². The normalized spacial score (nSPS) is 17.8. The molecule has 39 heavy (non-hydrogen) atoms. The number of hydrogen-bond donors (Lipinski definition) is 3. The monoisotopic (exact) mass is 564 g/mol. The number of anilines is 2. The van der Waals surface area contributed by atoms with Gasteiger partial charge in [-0.05, 0) is 37.7 Å². The second kappa shape index (κ2) is 12.0. The van der Waals surface area contributed by atoms with Gasteiger partial charge in [0, 0.05) is 49.9 Å². The Labute approximate surface area is 227 Å². The molecule has 1 fully saturated rings. The van der Waals surface area contributed by atoms with Crippen molar-refractivity contribution in [2.24, 2.45) is 0 Å². The number of fused-ring (bicyclic) bond motifs is 1. The first-order valence-corrected chi connectivity index (χ1v) is 12.9. The maximum absolute atomic E-state index is 14.6. The van der Waals surface area contributed by atoms with Gasteiger partial charge in [-0.15, -0.1) is 0 Å². The molecule has 3 heterocycles. The van der Waals surface area contributed by atoms with Crippen LogP contribution in [0.15, 0.2) is 41.7 Å². The van der Waals surface area contributed by atoms with E-state index in [0.717, 1.165) is 0 Å². The highest BCUT2D eigenvalue weighted by Gasteiger charge is 2.33. The molecule has 1 aliphatic heterocycles. The highest BCUT2D eigenvalue weighted by Crippen LogP contribution is 2.40. The molecule has 3 aromatic rings. The van der Waals surface area contributed by atoms with E-state index in [2.05, 4.69) is 32.8 Å². The topological polar surface area (TPSA) is 82.9 Å². The quantitative estimate of drug-likeness (QED) is 0.225. The number of nitrogens with zero attached hydrogens (tertiary/aromatic N) is 3. The number of methoxy groups -OCH3 is 1. The van der Waals surface area contributed by atoms with Crippen molar-refractivity contribution in [1.82, 2.24) is 19.6 Å². The molecule has 1 saturated heterocycles. The van der Waals surface area contributed by atoms with Crippen LogP contribution in [0.1, 0.15) is 22.3 Å². The predicted molar refractivity (Wildman–Crippen MR) is 143 cm³/mol. The van der Waals surface area contributed by atoms with Crippen molar-refractivity contribution in [3.05, 3.63) is 47.8 Å². The summed E-state index contributed by atoms with van der Waals surface area (Å²) in [4.78, 5) is 18.0. The Bertz CT molecular complexity index is 1400. The fourth-order valence-corrected chi connectivity index (χ4v) is 4.99. The number of ether oxygens (including phenoxy) is 1. The SMILES string of the molecule is CNC(=O)c1ccc(NCC#Cc2cc3c(N[C@@H]4CCN(C)C[C@@H]4F)nccn3c2SC(F)(F)F)c(OC)c1. The summed E-state index contributed by atoms with van der Waals surface area (Å²) in [5, 5.41) is 8.57. The number of alkyl halides is 4. The lowest BCUT2D eigenvalue weighted by molar-refractivity contribution is -0.0329. The number of piperidine rings is 1. The lowest BCUT2D eigenvalue weighted by Gasteiger charge is -2.33. The van der Waals surface area contributed by atoms with Crippen LogP contribution in [0.5, 0.6) is 5.75 Å².